The number of nitrogens with one attached hydrogen (secondary N) is 1. The van der Waals surface area contributed by atoms with Crippen LogP contribution < -0.4 is 5.32 Å². The topological polar surface area (TPSA) is 62.3 Å². The number of thioether (sulfide) groups is 1. The average Bonchev–Trinajstić information content (AvgIpc) is 2.83. The Balaban J connectivity index is 2.13. The molecule has 0 unspecified atom stereocenters. The van der Waals surface area contributed by atoms with E-state index in [1.165, 1.54) is 11.8 Å². The molecular weight excluding hydrogens is 406 g/mol. The van der Waals surface area contributed by atoms with Gasteiger partial charge in [0.1, 0.15) is 10.7 Å². The second-order valence-electron chi connectivity index (χ2n) is 6.64. The molecular formula is C25H25N3O2S. The van der Waals surface area contributed by atoms with E-state index >= 15 is 0 Å². The molecule has 0 radical (unpaired) electrons. The number of aromatic nitrogens is 1. The van der Waals surface area contributed by atoms with E-state index in [2.05, 4.69) is 10.3 Å². The lowest BCUT2D eigenvalue weighted by Crippen LogP contribution is -2.38. The van der Waals surface area contributed by atoms with Gasteiger partial charge in [0.2, 0.25) is 0 Å². The summed E-state index contributed by atoms with van der Waals surface area (Å²) in [6, 6.07) is 24.1. The zero-order chi connectivity index (χ0) is 22.1. The largest absolute Gasteiger partial charge is 0.338 e. The minimum atomic E-state index is -0.328. The molecule has 5 nitrogen and oxygen atoms in total. The van der Waals surface area contributed by atoms with Crippen LogP contribution in [0.15, 0.2) is 95.8 Å². The molecule has 0 atom stereocenters. The fraction of sp³-hybridized carbons (Fsp3) is 0.160. The quantitative estimate of drug-likeness (QED) is 0.409. The molecule has 0 bridgehead atoms. The number of rotatable bonds is 8. The predicted molar refractivity (Wildman–Crippen MR) is 125 cm³/mol. The number of nitrogens with zero attached hydrogens (tertiary/aromatic N) is 2. The molecule has 1 aromatic heterocycles. The van der Waals surface area contributed by atoms with Crippen LogP contribution in [0.1, 0.15) is 29.8 Å². The van der Waals surface area contributed by atoms with Crippen molar-refractivity contribution in [2.45, 2.75) is 18.9 Å². The van der Waals surface area contributed by atoms with Crippen LogP contribution in [-0.2, 0) is 4.79 Å². The summed E-state index contributed by atoms with van der Waals surface area (Å²) in [5.41, 5.74) is 1.57. The van der Waals surface area contributed by atoms with Crippen LogP contribution in [-0.4, -0.2) is 34.8 Å². The maximum absolute atomic E-state index is 13.5. The Bertz CT molecular complexity index is 1030. The van der Waals surface area contributed by atoms with Gasteiger partial charge in [-0.2, -0.15) is 0 Å². The highest BCUT2D eigenvalue weighted by molar-refractivity contribution is 8.08. The van der Waals surface area contributed by atoms with Crippen molar-refractivity contribution >= 4 is 28.5 Å². The monoisotopic (exact) mass is 431 g/mol. The Labute approximate surface area is 187 Å². The number of likely N-dealkylation sites (N-methyl/N-ethyl adjacent to an activating group) is 1. The maximum atomic E-state index is 13.5. The lowest BCUT2D eigenvalue weighted by atomic mass is 10.1. The van der Waals surface area contributed by atoms with Gasteiger partial charge in [0.25, 0.3) is 11.8 Å². The first-order chi connectivity index (χ1) is 15.1. The molecule has 0 aliphatic carbocycles. The lowest BCUT2D eigenvalue weighted by Gasteiger charge is -2.23. The minimum absolute atomic E-state index is 0.225. The third-order valence-electron chi connectivity index (χ3n) is 4.65. The lowest BCUT2D eigenvalue weighted by molar-refractivity contribution is -0.127. The van der Waals surface area contributed by atoms with Gasteiger partial charge in [-0.15, -0.1) is 0 Å². The summed E-state index contributed by atoms with van der Waals surface area (Å²) in [5, 5.41) is 3.64. The van der Waals surface area contributed by atoms with Crippen molar-refractivity contribution in [1.82, 2.24) is 15.2 Å². The Morgan fingerprint density at radius 3 is 1.97 bits per heavy atom. The van der Waals surface area contributed by atoms with Crippen LogP contribution in [0.3, 0.4) is 0 Å². The second-order valence-corrected chi connectivity index (χ2v) is 7.67. The summed E-state index contributed by atoms with van der Waals surface area (Å²) in [7, 11) is 0. The van der Waals surface area contributed by atoms with E-state index in [0.717, 1.165) is 10.6 Å². The SMILES string of the molecule is CCN(CC)C(=O)/C(NC(=O)c1ccccc1)=C(/Sc1ccccn1)c1ccccc1. The van der Waals surface area contributed by atoms with Gasteiger partial charge in [-0.3, -0.25) is 9.59 Å². The normalized spacial score (nSPS) is 11.4. The first-order valence-electron chi connectivity index (χ1n) is 10.2. The van der Waals surface area contributed by atoms with E-state index in [1.54, 1.807) is 35.4 Å². The van der Waals surface area contributed by atoms with Crippen LogP contribution >= 0.6 is 11.8 Å². The first kappa shape index (κ1) is 22.3. The summed E-state index contributed by atoms with van der Waals surface area (Å²) in [6.45, 7) is 4.92. The Morgan fingerprint density at radius 2 is 1.42 bits per heavy atom. The van der Waals surface area contributed by atoms with Gasteiger partial charge in [0.05, 0.1) is 4.91 Å². The third-order valence-corrected chi connectivity index (χ3v) is 5.74. The molecule has 0 aliphatic rings. The molecule has 0 aliphatic heterocycles. The smallest absolute Gasteiger partial charge is 0.271 e. The van der Waals surface area contributed by atoms with Crippen LogP contribution in [0.2, 0.25) is 0 Å². The molecule has 0 fully saturated rings. The number of benzene rings is 2. The number of hydrogen-bond donors (Lipinski definition) is 1. The molecule has 1 heterocycles. The molecule has 0 spiro atoms. The van der Waals surface area contributed by atoms with E-state index < -0.39 is 0 Å². The van der Waals surface area contributed by atoms with Crippen LogP contribution in [0.5, 0.6) is 0 Å². The van der Waals surface area contributed by atoms with Gasteiger partial charge in [-0.05, 0) is 43.7 Å². The Morgan fingerprint density at radius 1 is 0.839 bits per heavy atom. The number of carbonyl (C=O) groups is 2. The Kier molecular flexibility index (Phi) is 8.01. The van der Waals surface area contributed by atoms with Crippen LogP contribution in [0.4, 0.5) is 0 Å². The fourth-order valence-electron chi connectivity index (χ4n) is 3.01. The van der Waals surface area contributed by atoms with Crippen molar-refractivity contribution < 1.29 is 9.59 Å². The summed E-state index contributed by atoms with van der Waals surface area (Å²) >= 11 is 1.36. The van der Waals surface area contributed by atoms with Crippen molar-refractivity contribution in [3.05, 3.63) is 102 Å². The summed E-state index contributed by atoms with van der Waals surface area (Å²) in [5.74, 6) is -0.553. The molecule has 158 valence electrons. The fourth-order valence-corrected chi connectivity index (χ4v) is 3.97. The molecule has 6 heteroatoms. The van der Waals surface area contributed by atoms with E-state index in [1.807, 2.05) is 68.4 Å². The van der Waals surface area contributed by atoms with Crippen molar-refractivity contribution in [2.24, 2.45) is 0 Å². The van der Waals surface area contributed by atoms with Crippen LogP contribution in [0, 0.1) is 0 Å². The highest BCUT2D eigenvalue weighted by Gasteiger charge is 2.24. The first-order valence-corrected chi connectivity index (χ1v) is 11.0. The van der Waals surface area contributed by atoms with Gasteiger partial charge in [-0.1, -0.05) is 66.4 Å². The van der Waals surface area contributed by atoms with Gasteiger partial charge >= 0.3 is 0 Å². The molecule has 31 heavy (non-hydrogen) atoms. The molecule has 1 N–H and O–H groups in total. The minimum Gasteiger partial charge on any atom is -0.338 e. The van der Waals surface area contributed by atoms with Gasteiger partial charge in [0.15, 0.2) is 0 Å². The van der Waals surface area contributed by atoms with Gasteiger partial charge in [-0.25, -0.2) is 4.98 Å². The number of carbonyl (C=O) groups excluding carboxylic acids is 2. The molecule has 3 aromatic rings. The van der Waals surface area contributed by atoms with Gasteiger partial charge < -0.3 is 10.2 Å². The molecule has 0 saturated heterocycles. The highest BCUT2D eigenvalue weighted by atomic mass is 32.2. The number of amides is 2. The Hall–Kier alpha value is -3.38. The average molecular weight is 432 g/mol. The predicted octanol–water partition coefficient (Wildman–Crippen LogP) is 4.84. The molecule has 2 aromatic carbocycles. The van der Waals surface area contributed by atoms with Crippen LogP contribution in [0.25, 0.3) is 4.91 Å². The second kappa shape index (κ2) is 11.1. The van der Waals surface area contributed by atoms with Crippen molar-refractivity contribution in [1.29, 1.82) is 0 Å². The summed E-state index contributed by atoms with van der Waals surface area (Å²) in [4.78, 5) is 33.3. The van der Waals surface area contributed by atoms with Crippen molar-refractivity contribution in [3.8, 4) is 0 Å². The standard InChI is InChI=1S/C25H25N3O2S/c1-3-28(4-2)25(30)22(27-24(29)20-15-9-6-10-16-20)23(19-13-7-5-8-14-19)31-21-17-11-12-18-26-21/h5-18H,3-4H2,1-2H3,(H,27,29)/b23-22-. The van der Waals surface area contributed by atoms with Crippen molar-refractivity contribution in [3.63, 3.8) is 0 Å². The number of hydrogen-bond acceptors (Lipinski definition) is 4. The number of pyridine rings is 1. The highest BCUT2D eigenvalue weighted by Crippen LogP contribution is 2.35. The van der Waals surface area contributed by atoms with E-state index in [4.69, 9.17) is 0 Å². The summed E-state index contributed by atoms with van der Waals surface area (Å²) in [6.07, 6.45) is 1.71. The van der Waals surface area contributed by atoms with E-state index in [9.17, 15) is 9.59 Å². The van der Waals surface area contributed by atoms with Crippen molar-refractivity contribution in [2.75, 3.05) is 13.1 Å². The van der Waals surface area contributed by atoms with E-state index in [-0.39, 0.29) is 17.5 Å². The molecule has 3 rings (SSSR count). The molecule has 2 amide bonds. The third kappa shape index (κ3) is 5.83. The summed E-state index contributed by atoms with van der Waals surface area (Å²) < 4.78 is 0. The van der Waals surface area contributed by atoms with E-state index in [0.29, 0.717) is 23.6 Å². The zero-order valence-corrected chi connectivity index (χ0v) is 18.4. The zero-order valence-electron chi connectivity index (χ0n) is 17.6. The molecule has 0 saturated carbocycles. The van der Waals surface area contributed by atoms with Gasteiger partial charge in [0, 0.05) is 24.8 Å². The maximum Gasteiger partial charge on any atom is 0.271 e.